The van der Waals surface area contributed by atoms with Gasteiger partial charge in [0.05, 0.1) is 16.3 Å². The van der Waals surface area contributed by atoms with Gasteiger partial charge in [0.2, 0.25) is 11.0 Å². The lowest BCUT2D eigenvalue weighted by molar-refractivity contribution is -0.115. The number of H-pyrrole nitrogens is 1. The lowest BCUT2D eigenvalue weighted by Gasteiger charge is -2.07. The molecular formula is C14H15N5OS2. The van der Waals surface area contributed by atoms with E-state index in [0.717, 1.165) is 27.6 Å². The average Bonchev–Trinajstić information content (AvgIpc) is 3.12. The molecule has 2 N–H and O–H groups in total. The van der Waals surface area contributed by atoms with E-state index in [0.29, 0.717) is 5.13 Å². The van der Waals surface area contributed by atoms with Crippen molar-refractivity contribution in [1.29, 1.82) is 0 Å². The fourth-order valence-electron chi connectivity index (χ4n) is 1.86. The highest BCUT2D eigenvalue weighted by Gasteiger charge is 2.18. The molecule has 0 bridgehead atoms. The van der Waals surface area contributed by atoms with Gasteiger partial charge in [-0.05, 0) is 25.5 Å². The van der Waals surface area contributed by atoms with Crippen molar-refractivity contribution in [3.05, 3.63) is 29.3 Å². The van der Waals surface area contributed by atoms with Crippen molar-refractivity contribution in [1.82, 2.24) is 20.2 Å². The van der Waals surface area contributed by atoms with E-state index in [-0.39, 0.29) is 11.2 Å². The number of aromatic nitrogens is 4. The molecule has 1 unspecified atom stereocenters. The van der Waals surface area contributed by atoms with Crippen LogP contribution in [0, 0.1) is 0 Å². The number of nitrogens with one attached hydrogen (secondary N) is 2. The van der Waals surface area contributed by atoms with E-state index in [1.807, 2.05) is 38.1 Å². The molecule has 8 heteroatoms. The highest BCUT2D eigenvalue weighted by molar-refractivity contribution is 8.00. The maximum absolute atomic E-state index is 12.2. The third-order valence-corrected chi connectivity index (χ3v) is 4.99. The molecule has 114 valence electrons. The normalized spacial score (nSPS) is 12.5. The number of aromatic amines is 1. The predicted molar refractivity (Wildman–Crippen MR) is 89.3 cm³/mol. The van der Waals surface area contributed by atoms with Crippen LogP contribution in [0.5, 0.6) is 0 Å². The number of anilines is 1. The SMILES string of the molecule is CCc1nnc(NC(=O)C(C)Sc2nc3ccccc3[nH]2)s1. The third kappa shape index (κ3) is 3.28. The number of hydrogen-bond acceptors (Lipinski definition) is 6. The topological polar surface area (TPSA) is 83.6 Å². The maximum Gasteiger partial charge on any atom is 0.239 e. The van der Waals surface area contributed by atoms with Crippen LogP contribution < -0.4 is 5.32 Å². The number of rotatable bonds is 5. The summed E-state index contributed by atoms with van der Waals surface area (Å²) in [6, 6.07) is 7.79. The van der Waals surface area contributed by atoms with Crippen LogP contribution in [-0.2, 0) is 11.2 Å². The van der Waals surface area contributed by atoms with Gasteiger partial charge in [0, 0.05) is 0 Å². The Hall–Kier alpha value is -1.93. The highest BCUT2D eigenvalue weighted by atomic mass is 32.2. The molecule has 0 fully saturated rings. The van der Waals surface area contributed by atoms with Gasteiger partial charge in [0.25, 0.3) is 0 Å². The van der Waals surface area contributed by atoms with Crippen LogP contribution in [0.15, 0.2) is 29.4 Å². The number of fused-ring (bicyclic) bond motifs is 1. The Morgan fingerprint density at radius 2 is 2.23 bits per heavy atom. The molecule has 0 aliphatic heterocycles. The van der Waals surface area contributed by atoms with Gasteiger partial charge >= 0.3 is 0 Å². The number of carbonyl (C=O) groups excluding carboxylic acids is 1. The van der Waals surface area contributed by atoms with Crippen molar-refractivity contribution in [3.63, 3.8) is 0 Å². The first-order valence-corrected chi connectivity index (χ1v) is 8.60. The molecule has 1 atom stereocenters. The second-order valence-electron chi connectivity index (χ2n) is 4.66. The molecule has 6 nitrogen and oxygen atoms in total. The van der Waals surface area contributed by atoms with Crippen molar-refractivity contribution in [2.75, 3.05) is 5.32 Å². The van der Waals surface area contributed by atoms with E-state index in [1.165, 1.54) is 23.1 Å². The highest BCUT2D eigenvalue weighted by Crippen LogP contribution is 2.24. The Balaban J connectivity index is 1.65. The predicted octanol–water partition coefficient (Wildman–Crippen LogP) is 3.10. The summed E-state index contributed by atoms with van der Waals surface area (Å²) in [5, 5.41) is 12.6. The van der Waals surface area contributed by atoms with Crippen molar-refractivity contribution in [2.24, 2.45) is 0 Å². The summed E-state index contributed by atoms with van der Waals surface area (Å²) in [6.45, 7) is 3.85. The molecule has 0 aliphatic carbocycles. The second kappa shape index (κ2) is 6.45. The summed E-state index contributed by atoms with van der Waals surface area (Å²) in [6.07, 6.45) is 0.816. The molecule has 0 saturated carbocycles. The first kappa shape index (κ1) is 15.0. The minimum Gasteiger partial charge on any atom is -0.333 e. The maximum atomic E-state index is 12.2. The first-order valence-electron chi connectivity index (χ1n) is 6.90. The molecule has 1 amide bonds. The summed E-state index contributed by atoms with van der Waals surface area (Å²) >= 11 is 2.79. The van der Waals surface area contributed by atoms with Crippen LogP contribution in [0.2, 0.25) is 0 Å². The Bertz CT molecular complexity index is 764. The summed E-state index contributed by atoms with van der Waals surface area (Å²) in [7, 11) is 0. The Morgan fingerprint density at radius 3 is 2.95 bits per heavy atom. The molecule has 3 aromatic rings. The van der Waals surface area contributed by atoms with Crippen molar-refractivity contribution >= 4 is 45.2 Å². The number of thioether (sulfide) groups is 1. The van der Waals surface area contributed by atoms with Crippen LogP contribution in [0.3, 0.4) is 0 Å². The quantitative estimate of drug-likeness (QED) is 0.701. The average molecular weight is 333 g/mol. The summed E-state index contributed by atoms with van der Waals surface area (Å²) in [5.41, 5.74) is 1.86. The minimum atomic E-state index is -0.283. The molecule has 2 aromatic heterocycles. The zero-order chi connectivity index (χ0) is 15.5. The minimum absolute atomic E-state index is 0.107. The standard InChI is InChI=1S/C14H15N5OS2/c1-3-11-18-19-14(22-11)17-12(20)8(2)21-13-15-9-6-4-5-7-10(9)16-13/h4-8H,3H2,1-2H3,(H,15,16)(H,17,19,20). The molecule has 22 heavy (non-hydrogen) atoms. The number of para-hydroxylation sites is 2. The van der Waals surface area contributed by atoms with Gasteiger partial charge in [-0.15, -0.1) is 10.2 Å². The number of hydrogen-bond donors (Lipinski definition) is 2. The van der Waals surface area contributed by atoms with E-state index in [4.69, 9.17) is 0 Å². The number of carbonyl (C=O) groups is 1. The summed E-state index contributed by atoms with van der Waals surface area (Å²) in [4.78, 5) is 19.9. The van der Waals surface area contributed by atoms with E-state index >= 15 is 0 Å². The number of aryl methyl sites for hydroxylation is 1. The molecule has 0 saturated heterocycles. The van der Waals surface area contributed by atoms with E-state index in [2.05, 4.69) is 25.5 Å². The monoisotopic (exact) mass is 333 g/mol. The van der Waals surface area contributed by atoms with Crippen molar-refractivity contribution in [3.8, 4) is 0 Å². The van der Waals surface area contributed by atoms with Gasteiger partial charge in [0.1, 0.15) is 5.01 Å². The lowest BCUT2D eigenvalue weighted by Crippen LogP contribution is -2.22. The zero-order valence-electron chi connectivity index (χ0n) is 12.2. The van der Waals surface area contributed by atoms with Crippen molar-refractivity contribution in [2.45, 2.75) is 30.7 Å². The molecule has 2 heterocycles. The molecule has 3 rings (SSSR count). The van der Waals surface area contributed by atoms with Crippen molar-refractivity contribution < 1.29 is 4.79 Å². The fourth-order valence-corrected chi connectivity index (χ4v) is 3.36. The number of nitrogens with zero attached hydrogens (tertiary/aromatic N) is 3. The van der Waals surface area contributed by atoms with E-state index in [9.17, 15) is 4.79 Å². The molecule has 1 aromatic carbocycles. The largest absolute Gasteiger partial charge is 0.333 e. The first-order chi connectivity index (χ1) is 10.7. The lowest BCUT2D eigenvalue weighted by atomic mass is 10.3. The van der Waals surface area contributed by atoms with Gasteiger partial charge in [-0.2, -0.15) is 0 Å². The summed E-state index contributed by atoms with van der Waals surface area (Å²) in [5.74, 6) is -0.107. The third-order valence-electron chi connectivity index (χ3n) is 3.02. The Kier molecular flexibility index (Phi) is 4.39. The van der Waals surface area contributed by atoms with Gasteiger partial charge in [-0.1, -0.05) is 42.2 Å². The van der Waals surface area contributed by atoms with Gasteiger partial charge in [0.15, 0.2) is 5.16 Å². The molecular weight excluding hydrogens is 318 g/mol. The smallest absolute Gasteiger partial charge is 0.239 e. The molecule has 0 radical (unpaired) electrons. The van der Waals surface area contributed by atoms with Crippen LogP contribution in [0.1, 0.15) is 18.9 Å². The van der Waals surface area contributed by atoms with E-state index < -0.39 is 0 Å². The summed E-state index contributed by atoms with van der Waals surface area (Å²) < 4.78 is 0. The van der Waals surface area contributed by atoms with Crippen LogP contribution in [-0.4, -0.2) is 31.3 Å². The Morgan fingerprint density at radius 1 is 1.41 bits per heavy atom. The molecule has 0 aliphatic rings. The van der Waals surface area contributed by atoms with Crippen LogP contribution in [0.25, 0.3) is 11.0 Å². The van der Waals surface area contributed by atoms with Gasteiger partial charge in [-0.3, -0.25) is 10.1 Å². The zero-order valence-corrected chi connectivity index (χ0v) is 13.8. The van der Waals surface area contributed by atoms with Crippen LogP contribution >= 0.6 is 23.1 Å². The number of imidazole rings is 1. The number of benzene rings is 1. The number of amides is 1. The van der Waals surface area contributed by atoms with Crippen LogP contribution in [0.4, 0.5) is 5.13 Å². The van der Waals surface area contributed by atoms with Gasteiger partial charge in [-0.25, -0.2) is 4.98 Å². The van der Waals surface area contributed by atoms with Gasteiger partial charge < -0.3 is 4.98 Å². The second-order valence-corrected chi connectivity index (χ2v) is 7.05. The Labute approximate surface area is 135 Å². The fraction of sp³-hybridized carbons (Fsp3) is 0.286. The van der Waals surface area contributed by atoms with E-state index in [1.54, 1.807) is 0 Å². The molecule has 0 spiro atoms.